The second-order valence-electron chi connectivity index (χ2n) is 9.66. The summed E-state index contributed by atoms with van der Waals surface area (Å²) in [5, 5.41) is 5.33. The van der Waals surface area contributed by atoms with E-state index in [1.807, 2.05) is 12.1 Å². The molecule has 0 bridgehead atoms. The number of alkyl halides is 6. The summed E-state index contributed by atoms with van der Waals surface area (Å²) in [5.74, 6) is 0.559. The Morgan fingerprint density at radius 1 is 1.00 bits per heavy atom. The summed E-state index contributed by atoms with van der Waals surface area (Å²) in [6.07, 6.45) is -5.76. The fraction of sp³-hybridized carbons (Fsp3) is 0.480. The van der Waals surface area contributed by atoms with Gasteiger partial charge in [-0.1, -0.05) is 23.7 Å². The molecule has 202 valence electrons. The first-order chi connectivity index (χ1) is 17.1. The van der Waals surface area contributed by atoms with Crippen LogP contribution in [0.25, 0.3) is 0 Å². The lowest BCUT2D eigenvalue weighted by Crippen LogP contribution is -2.43. The number of nitrogens with two attached hydrogens (primary N) is 1. The zero-order valence-electron chi connectivity index (χ0n) is 19.8. The molecule has 1 saturated carbocycles. The third-order valence-electron chi connectivity index (χ3n) is 6.76. The van der Waals surface area contributed by atoms with Gasteiger partial charge in [-0.05, 0) is 79.5 Å². The summed E-state index contributed by atoms with van der Waals surface area (Å²) in [6.45, 7) is 1.05. The molecular weight excluding hydrogens is 507 g/mol. The highest BCUT2D eigenvalue weighted by molar-refractivity contribution is 5.88. The van der Waals surface area contributed by atoms with Crippen LogP contribution in [0.15, 0.2) is 47.6 Å². The van der Waals surface area contributed by atoms with Crippen LogP contribution in [-0.2, 0) is 23.7 Å². The minimum Gasteiger partial charge on any atom is -0.351 e. The van der Waals surface area contributed by atoms with Gasteiger partial charge < -0.3 is 11.1 Å². The second-order valence-corrected chi connectivity index (χ2v) is 9.66. The molecule has 1 amide bonds. The molecule has 5 nitrogen and oxygen atoms in total. The number of hydrogen-bond acceptors (Lipinski definition) is 4. The van der Waals surface area contributed by atoms with Crippen LogP contribution in [0.3, 0.4) is 0 Å². The summed E-state index contributed by atoms with van der Waals surface area (Å²) in [7, 11) is 0. The molecular formula is C25H26F7N3O2. The van der Waals surface area contributed by atoms with Gasteiger partial charge in [0.25, 0.3) is 0 Å². The van der Waals surface area contributed by atoms with Crippen LogP contribution in [0.4, 0.5) is 30.7 Å². The van der Waals surface area contributed by atoms with E-state index in [-0.39, 0.29) is 23.8 Å². The predicted octanol–water partition coefficient (Wildman–Crippen LogP) is 6.31. The normalized spacial score (nSPS) is 25.9. The first-order valence-electron chi connectivity index (χ1n) is 11.5. The van der Waals surface area contributed by atoms with Gasteiger partial charge in [0.2, 0.25) is 5.91 Å². The van der Waals surface area contributed by atoms with E-state index in [0.29, 0.717) is 30.4 Å². The van der Waals surface area contributed by atoms with Crippen LogP contribution in [0.2, 0.25) is 0 Å². The lowest BCUT2D eigenvalue weighted by molar-refractivity contribution is -0.143. The average molecular weight is 533 g/mol. The molecule has 4 rings (SSSR count). The Hall–Kier alpha value is -3.02. The molecule has 1 aliphatic heterocycles. The number of nitrogens with one attached hydrogen (secondary N) is 1. The van der Waals surface area contributed by atoms with Crippen LogP contribution in [0, 0.1) is 16.6 Å². The number of halogens is 7. The van der Waals surface area contributed by atoms with Gasteiger partial charge >= 0.3 is 12.4 Å². The third kappa shape index (κ3) is 7.06. The number of nitrogens with zero attached hydrogens (tertiary/aromatic N) is 1. The maximum atomic E-state index is 13.1. The molecule has 2 aromatic carbocycles. The van der Waals surface area contributed by atoms with E-state index in [1.165, 1.54) is 17.7 Å². The minimum absolute atomic E-state index is 0.00565. The number of amides is 1. The number of carbonyl (C=O) groups is 1. The Bertz CT molecular complexity index is 1080. The molecule has 37 heavy (non-hydrogen) atoms. The minimum atomic E-state index is -4.90. The Balaban J connectivity index is 0.000000209. The van der Waals surface area contributed by atoms with Crippen molar-refractivity contribution in [1.82, 2.24) is 5.32 Å². The van der Waals surface area contributed by atoms with Crippen molar-refractivity contribution in [2.45, 2.75) is 69.0 Å². The summed E-state index contributed by atoms with van der Waals surface area (Å²) in [4.78, 5) is 21.7. The van der Waals surface area contributed by atoms with E-state index < -0.39 is 41.1 Å². The molecule has 2 aliphatic rings. The molecule has 1 saturated heterocycles. The van der Waals surface area contributed by atoms with Gasteiger partial charge in [0.05, 0.1) is 16.7 Å². The van der Waals surface area contributed by atoms with E-state index in [0.717, 1.165) is 19.3 Å². The van der Waals surface area contributed by atoms with E-state index in [9.17, 15) is 40.4 Å². The number of nitroso groups, excluding NO2 is 1. The van der Waals surface area contributed by atoms with E-state index in [2.05, 4.69) is 10.5 Å². The van der Waals surface area contributed by atoms with Gasteiger partial charge in [-0.25, -0.2) is 4.39 Å². The molecule has 2 aromatic rings. The van der Waals surface area contributed by atoms with Crippen LogP contribution < -0.4 is 11.1 Å². The van der Waals surface area contributed by atoms with Gasteiger partial charge in [-0.3, -0.25) is 4.79 Å². The van der Waals surface area contributed by atoms with Crippen molar-refractivity contribution in [3.05, 3.63) is 75.4 Å². The summed E-state index contributed by atoms with van der Waals surface area (Å²) >= 11 is 0. The topological polar surface area (TPSA) is 84.5 Å². The fourth-order valence-electron chi connectivity index (χ4n) is 4.97. The monoisotopic (exact) mass is 533 g/mol. The highest BCUT2D eigenvalue weighted by Gasteiger charge is 2.46. The van der Waals surface area contributed by atoms with Crippen molar-refractivity contribution in [1.29, 1.82) is 0 Å². The van der Waals surface area contributed by atoms with Crippen LogP contribution in [0.1, 0.15) is 60.8 Å². The van der Waals surface area contributed by atoms with E-state index >= 15 is 0 Å². The highest BCUT2D eigenvalue weighted by Crippen LogP contribution is 2.44. The summed E-state index contributed by atoms with van der Waals surface area (Å²) < 4.78 is 86.9. The first kappa shape index (κ1) is 28.5. The van der Waals surface area contributed by atoms with Crippen molar-refractivity contribution in [3.63, 3.8) is 0 Å². The van der Waals surface area contributed by atoms with Gasteiger partial charge in [0.15, 0.2) is 0 Å². The maximum absolute atomic E-state index is 13.1. The molecule has 0 radical (unpaired) electrons. The second kappa shape index (κ2) is 10.8. The number of carbonyl (C=O) groups excluding carboxylic acids is 1. The van der Waals surface area contributed by atoms with Crippen LogP contribution >= 0.6 is 0 Å². The number of benzene rings is 2. The smallest absolute Gasteiger partial charge is 0.351 e. The molecule has 3 unspecified atom stereocenters. The van der Waals surface area contributed by atoms with Crippen molar-refractivity contribution in [3.8, 4) is 0 Å². The van der Waals surface area contributed by atoms with Crippen molar-refractivity contribution < 1.29 is 35.5 Å². The van der Waals surface area contributed by atoms with Crippen LogP contribution in [0.5, 0.6) is 0 Å². The van der Waals surface area contributed by atoms with E-state index in [1.54, 1.807) is 6.92 Å². The zero-order chi connectivity index (χ0) is 27.6. The summed E-state index contributed by atoms with van der Waals surface area (Å²) in [5.41, 5.74) is 3.11. The molecule has 0 aromatic heterocycles. The van der Waals surface area contributed by atoms with Crippen molar-refractivity contribution in [2.75, 3.05) is 0 Å². The summed E-state index contributed by atoms with van der Waals surface area (Å²) in [6, 6.07) is 7.86. The zero-order valence-corrected chi connectivity index (χ0v) is 19.8. The fourth-order valence-corrected chi connectivity index (χ4v) is 4.97. The molecule has 3 N–H and O–H groups in total. The molecule has 2 fully saturated rings. The molecule has 12 heteroatoms. The standard InChI is InChI=1S/C16H21FN2O.C9H5F6NO/c1-16(18)9-14(19-15(16)20)13-4-2-3-12(13)10-5-7-11(17)8-6-10;10-8(11,12)6-1-5(4-16-17)2-7(3-6)9(13,14)15/h5-8,12-14H,2-4,9,18H2,1H3,(H,19,20);1-3H,4H2/t12?,13?,14?,16-;/m0./s1. The molecule has 1 heterocycles. The van der Waals surface area contributed by atoms with Gasteiger partial charge in [-0.15, -0.1) is 0 Å². The Morgan fingerprint density at radius 3 is 2.03 bits per heavy atom. The van der Waals surface area contributed by atoms with Crippen molar-refractivity contribution in [2.24, 2.45) is 16.8 Å². The predicted molar refractivity (Wildman–Crippen MR) is 122 cm³/mol. The van der Waals surface area contributed by atoms with E-state index in [4.69, 9.17) is 5.73 Å². The van der Waals surface area contributed by atoms with Gasteiger partial charge in [0.1, 0.15) is 12.4 Å². The Kier molecular flexibility index (Phi) is 8.31. The highest BCUT2D eigenvalue weighted by atomic mass is 19.4. The first-order valence-corrected chi connectivity index (χ1v) is 11.5. The number of rotatable bonds is 4. The van der Waals surface area contributed by atoms with Gasteiger partial charge in [-0.2, -0.15) is 31.2 Å². The molecule has 0 spiro atoms. The quantitative estimate of drug-likeness (QED) is 0.357. The lowest BCUT2D eigenvalue weighted by atomic mass is 9.81. The number of hydrogen-bond donors (Lipinski definition) is 2. The van der Waals surface area contributed by atoms with Gasteiger partial charge in [0, 0.05) is 6.04 Å². The molecule has 1 aliphatic carbocycles. The third-order valence-corrected chi connectivity index (χ3v) is 6.76. The molecule has 4 atom stereocenters. The van der Waals surface area contributed by atoms with Crippen LogP contribution in [-0.4, -0.2) is 17.5 Å². The Labute approximate surface area is 208 Å². The Morgan fingerprint density at radius 2 is 1.57 bits per heavy atom. The lowest BCUT2D eigenvalue weighted by Gasteiger charge is -2.26. The maximum Gasteiger partial charge on any atom is 0.416 e. The SMILES string of the molecule is C[C@]1(N)CC(C2CCCC2c2ccc(F)cc2)NC1=O.O=NCc1cc(C(F)(F)F)cc(C(F)(F)F)c1. The average Bonchev–Trinajstić information content (AvgIpc) is 3.38. The van der Waals surface area contributed by atoms with Crippen molar-refractivity contribution >= 4 is 5.91 Å². The largest absolute Gasteiger partial charge is 0.416 e.